The third-order valence-electron chi connectivity index (χ3n) is 4.29. The van der Waals surface area contributed by atoms with Gasteiger partial charge >= 0.3 is 0 Å². The van der Waals surface area contributed by atoms with Crippen LogP contribution < -0.4 is 5.32 Å². The Balaban J connectivity index is 1.90. The fourth-order valence-electron chi connectivity index (χ4n) is 3.04. The SMILES string of the molecule is O=C(Nc1cccc(F)c1F)[C@H]1C(=O)N(O)CC[C@@H]1c1ccccc1. The lowest BCUT2D eigenvalue weighted by molar-refractivity contribution is -0.178. The monoisotopic (exact) mass is 346 g/mol. The number of hydroxylamine groups is 2. The fraction of sp³-hybridized carbons (Fsp3) is 0.222. The molecule has 0 aromatic heterocycles. The van der Waals surface area contributed by atoms with Crippen LogP contribution in [0.15, 0.2) is 48.5 Å². The topological polar surface area (TPSA) is 69.6 Å². The van der Waals surface area contributed by atoms with Crippen LogP contribution in [0.2, 0.25) is 0 Å². The normalized spacial score (nSPS) is 20.4. The minimum Gasteiger partial charge on any atom is -0.323 e. The molecule has 2 aromatic carbocycles. The van der Waals surface area contributed by atoms with Crippen molar-refractivity contribution in [1.82, 2.24) is 5.06 Å². The molecule has 130 valence electrons. The molecule has 7 heteroatoms. The van der Waals surface area contributed by atoms with Crippen molar-refractivity contribution >= 4 is 17.5 Å². The van der Waals surface area contributed by atoms with Gasteiger partial charge < -0.3 is 5.32 Å². The van der Waals surface area contributed by atoms with Crippen molar-refractivity contribution in [2.45, 2.75) is 12.3 Å². The summed E-state index contributed by atoms with van der Waals surface area (Å²) in [6, 6.07) is 12.3. The predicted molar refractivity (Wildman–Crippen MR) is 85.8 cm³/mol. The van der Waals surface area contributed by atoms with Crippen LogP contribution in [0, 0.1) is 17.6 Å². The highest BCUT2D eigenvalue weighted by molar-refractivity contribution is 6.07. The molecular formula is C18H16F2N2O3. The summed E-state index contributed by atoms with van der Waals surface area (Å²) < 4.78 is 27.1. The number of piperidine rings is 1. The molecule has 0 unspecified atom stereocenters. The largest absolute Gasteiger partial charge is 0.323 e. The zero-order chi connectivity index (χ0) is 18.0. The molecular weight excluding hydrogens is 330 g/mol. The van der Waals surface area contributed by atoms with Crippen molar-refractivity contribution in [3.05, 3.63) is 65.7 Å². The molecule has 5 nitrogen and oxygen atoms in total. The van der Waals surface area contributed by atoms with E-state index in [0.29, 0.717) is 11.5 Å². The van der Waals surface area contributed by atoms with Crippen molar-refractivity contribution in [1.29, 1.82) is 0 Å². The van der Waals surface area contributed by atoms with Crippen molar-refractivity contribution in [2.24, 2.45) is 5.92 Å². The van der Waals surface area contributed by atoms with E-state index in [4.69, 9.17) is 0 Å². The van der Waals surface area contributed by atoms with Gasteiger partial charge in [-0.3, -0.25) is 14.8 Å². The molecule has 0 bridgehead atoms. The molecule has 2 atom stereocenters. The lowest BCUT2D eigenvalue weighted by Crippen LogP contribution is -2.48. The Morgan fingerprint density at radius 3 is 2.56 bits per heavy atom. The van der Waals surface area contributed by atoms with Gasteiger partial charge in [0.05, 0.1) is 5.69 Å². The molecule has 25 heavy (non-hydrogen) atoms. The van der Waals surface area contributed by atoms with Crippen LogP contribution in [0.4, 0.5) is 14.5 Å². The maximum Gasteiger partial charge on any atom is 0.259 e. The summed E-state index contributed by atoms with van der Waals surface area (Å²) in [6.07, 6.45) is 0.371. The Morgan fingerprint density at radius 1 is 1.12 bits per heavy atom. The van der Waals surface area contributed by atoms with Crippen molar-refractivity contribution < 1.29 is 23.6 Å². The van der Waals surface area contributed by atoms with E-state index >= 15 is 0 Å². The van der Waals surface area contributed by atoms with E-state index in [9.17, 15) is 23.6 Å². The summed E-state index contributed by atoms with van der Waals surface area (Å²) in [5, 5.41) is 12.4. The second-order valence-corrected chi connectivity index (χ2v) is 5.84. The number of carbonyl (C=O) groups is 2. The van der Waals surface area contributed by atoms with E-state index in [1.54, 1.807) is 24.3 Å². The van der Waals surface area contributed by atoms with Crippen LogP contribution >= 0.6 is 0 Å². The minimum atomic E-state index is -1.23. The van der Waals surface area contributed by atoms with Gasteiger partial charge in [0.15, 0.2) is 11.6 Å². The molecule has 3 rings (SSSR count). The van der Waals surface area contributed by atoms with E-state index in [1.807, 2.05) is 6.07 Å². The Bertz CT molecular complexity index is 798. The second kappa shape index (κ2) is 6.98. The molecule has 1 aliphatic rings. The summed E-state index contributed by atoms with van der Waals surface area (Å²) in [6.45, 7) is 0.0938. The Kier molecular flexibility index (Phi) is 4.76. The molecule has 0 radical (unpaired) electrons. The van der Waals surface area contributed by atoms with E-state index in [2.05, 4.69) is 5.32 Å². The van der Waals surface area contributed by atoms with Gasteiger partial charge in [-0.05, 0) is 24.1 Å². The highest BCUT2D eigenvalue weighted by atomic mass is 19.2. The summed E-state index contributed by atoms with van der Waals surface area (Å²) in [5.41, 5.74) is 0.420. The lowest BCUT2D eigenvalue weighted by Gasteiger charge is -2.34. The van der Waals surface area contributed by atoms with Gasteiger partial charge in [0.2, 0.25) is 5.91 Å². The number of carbonyl (C=O) groups excluding carboxylic acids is 2. The first kappa shape index (κ1) is 17.0. The summed E-state index contributed by atoms with van der Waals surface area (Å²) in [4.78, 5) is 25.0. The van der Waals surface area contributed by atoms with Gasteiger partial charge in [0.1, 0.15) is 5.92 Å². The molecule has 0 spiro atoms. The van der Waals surface area contributed by atoms with Crippen LogP contribution in [-0.4, -0.2) is 28.6 Å². The van der Waals surface area contributed by atoms with E-state index in [0.717, 1.165) is 11.6 Å². The second-order valence-electron chi connectivity index (χ2n) is 5.84. The molecule has 1 aliphatic heterocycles. The number of halogens is 2. The van der Waals surface area contributed by atoms with Gasteiger partial charge in [-0.15, -0.1) is 0 Å². The van der Waals surface area contributed by atoms with Crippen molar-refractivity contribution in [2.75, 3.05) is 11.9 Å². The van der Waals surface area contributed by atoms with Crippen molar-refractivity contribution in [3.8, 4) is 0 Å². The standard InChI is InChI=1S/C18H16F2N2O3/c19-13-7-4-8-14(16(13)20)21-17(23)15-12(9-10-22(25)18(15)24)11-5-2-1-3-6-11/h1-8,12,15,25H,9-10H2,(H,21,23)/t12-,15+/m1/s1. The smallest absolute Gasteiger partial charge is 0.259 e. The average Bonchev–Trinajstić information content (AvgIpc) is 2.61. The Hall–Kier alpha value is -2.80. The number of amides is 2. The number of hydrogen-bond donors (Lipinski definition) is 2. The van der Waals surface area contributed by atoms with Gasteiger partial charge in [-0.2, -0.15) is 0 Å². The lowest BCUT2D eigenvalue weighted by atomic mass is 9.80. The Labute approximate surface area is 142 Å². The first-order chi connectivity index (χ1) is 12.0. The first-order valence-corrected chi connectivity index (χ1v) is 7.79. The first-order valence-electron chi connectivity index (χ1n) is 7.79. The predicted octanol–water partition coefficient (Wildman–Crippen LogP) is 2.92. The van der Waals surface area contributed by atoms with Crippen LogP contribution in [0.5, 0.6) is 0 Å². The van der Waals surface area contributed by atoms with Crippen LogP contribution in [0.3, 0.4) is 0 Å². The molecule has 2 aromatic rings. The Morgan fingerprint density at radius 2 is 1.84 bits per heavy atom. The average molecular weight is 346 g/mol. The van der Waals surface area contributed by atoms with Crippen LogP contribution in [0.25, 0.3) is 0 Å². The molecule has 2 N–H and O–H groups in total. The van der Waals surface area contributed by atoms with E-state index in [1.165, 1.54) is 12.1 Å². The number of nitrogens with zero attached hydrogens (tertiary/aromatic N) is 1. The van der Waals surface area contributed by atoms with Gasteiger partial charge in [0.25, 0.3) is 5.91 Å². The number of benzene rings is 2. The molecule has 1 heterocycles. The summed E-state index contributed by atoms with van der Waals surface area (Å²) in [5.74, 6) is -5.55. The molecule has 0 saturated carbocycles. The summed E-state index contributed by atoms with van der Waals surface area (Å²) >= 11 is 0. The molecule has 1 fully saturated rings. The number of anilines is 1. The maximum atomic E-state index is 13.8. The highest BCUT2D eigenvalue weighted by Gasteiger charge is 2.42. The van der Waals surface area contributed by atoms with Crippen molar-refractivity contribution in [3.63, 3.8) is 0 Å². The third kappa shape index (κ3) is 3.36. The molecule has 1 saturated heterocycles. The van der Waals surface area contributed by atoms with Crippen LogP contribution in [0.1, 0.15) is 17.9 Å². The molecule has 2 amide bonds. The third-order valence-corrected chi connectivity index (χ3v) is 4.29. The number of rotatable bonds is 3. The maximum absolute atomic E-state index is 13.8. The zero-order valence-corrected chi connectivity index (χ0v) is 13.2. The number of hydrogen-bond acceptors (Lipinski definition) is 3. The van der Waals surface area contributed by atoms with Gasteiger partial charge in [0, 0.05) is 12.5 Å². The zero-order valence-electron chi connectivity index (χ0n) is 13.2. The minimum absolute atomic E-state index is 0.0938. The fourth-order valence-corrected chi connectivity index (χ4v) is 3.04. The van der Waals surface area contributed by atoms with E-state index in [-0.39, 0.29) is 12.2 Å². The van der Waals surface area contributed by atoms with Gasteiger partial charge in [-0.25, -0.2) is 13.8 Å². The highest BCUT2D eigenvalue weighted by Crippen LogP contribution is 2.34. The van der Waals surface area contributed by atoms with Gasteiger partial charge in [-0.1, -0.05) is 36.4 Å². The van der Waals surface area contributed by atoms with E-state index < -0.39 is 35.3 Å². The quantitative estimate of drug-likeness (QED) is 0.663. The molecule has 0 aliphatic carbocycles. The van der Waals surface area contributed by atoms with Crippen LogP contribution in [-0.2, 0) is 9.59 Å². The number of nitrogens with one attached hydrogen (secondary N) is 1. The summed E-state index contributed by atoms with van der Waals surface area (Å²) in [7, 11) is 0.